The Kier molecular flexibility index (Phi) is 7.67. The predicted octanol–water partition coefficient (Wildman–Crippen LogP) is 6.45. The van der Waals surface area contributed by atoms with E-state index in [4.69, 9.17) is 13.6 Å². The van der Waals surface area contributed by atoms with Crippen LogP contribution in [0.1, 0.15) is 41.5 Å². The van der Waals surface area contributed by atoms with Crippen molar-refractivity contribution in [1.29, 1.82) is 0 Å². The first kappa shape index (κ1) is 25.5. The molecule has 4 nitrogen and oxygen atoms in total. The molecule has 0 saturated heterocycles. The molecule has 0 aliphatic carbocycles. The monoisotopic (exact) mass is 468 g/mol. The Hall–Kier alpha value is -0.736. The van der Waals surface area contributed by atoms with Gasteiger partial charge in [0, 0.05) is 4.90 Å². The first-order valence-corrected chi connectivity index (χ1v) is 17.7. The van der Waals surface area contributed by atoms with Gasteiger partial charge in [-0.3, -0.25) is 0 Å². The molecule has 1 aliphatic heterocycles. The topological polar surface area (TPSA) is 44.8 Å². The summed E-state index contributed by atoms with van der Waals surface area (Å²) >= 11 is 0. The van der Waals surface area contributed by atoms with Crippen LogP contribution in [0.25, 0.3) is 0 Å². The molecule has 170 valence electrons. The molecular formula is C23H40O4SSi2. The molecule has 0 spiro atoms. The Labute approximate surface area is 188 Å². The third-order valence-electron chi connectivity index (χ3n) is 6.69. The molecule has 0 radical (unpaired) electrons. The maximum atomic E-state index is 13.1. The third-order valence-corrected chi connectivity index (χ3v) is 17.0. The number of hydrogen-bond donors (Lipinski definition) is 0. The third kappa shape index (κ3) is 5.94. The second-order valence-corrected chi connectivity index (χ2v) is 22.1. The predicted molar refractivity (Wildman–Crippen MR) is 131 cm³/mol. The van der Waals surface area contributed by atoms with Gasteiger partial charge in [-0.05, 0) is 54.5 Å². The second kappa shape index (κ2) is 9.02. The fourth-order valence-electron chi connectivity index (χ4n) is 2.61. The lowest BCUT2D eigenvalue weighted by molar-refractivity contribution is -0.00105. The molecule has 3 atom stereocenters. The van der Waals surface area contributed by atoms with E-state index in [0.29, 0.717) is 11.7 Å². The average molecular weight is 469 g/mol. The molecule has 0 bridgehead atoms. The minimum atomic E-state index is -2.06. The lowest BCUT2D eigenvalue weighted by Gasteiger charge is -2.45. The van der Waals surface area contributed by atoms with Crippen LogP contribution >= 0.6 is 0 Å². The standard InChI is InChI=1S/C23H40O4SSi2/c1-22(2,3)29(7,8)26-19-16-21(28(24)18-14-12-11-13-15-18)25-17-20(19)27-30(9,10)23(4,5)6/h11-16,19-20H,17H2,1-10H3/t19-,20-,28?/m1/s1. The van der Waals surface area contributed by atoms with Crippen LogP contribution in [-0.4, -0.2) is 39.7 Å². The molecular weight excluding hydrogens is 428 g/mol. The zero-order valence-corrected chi connectivity index (χ0v) is 23.2. The van der Waals surface area contributed by atoms with Crippen LogP contribution in [0.3, 0.4) is 0 Å². The molecule has 1 aliphatic rings. The zero-order valence-electron chi connectivity index (χ0n) is 20.4. The van der Waals surface area contributed by atoms with E-state index in [0.717, 1.165) is 4.90 Å². The van der Waals surface area contributed by atoms with E-state index in [2.05, 4.69) is 67.7 Å². The summed E-state index contributed by atoms with van der Waals surface area (Å²) in [6.45, 7) is 22.7. The van der Waals surface area contributed by atoms with E-state index in [1.54, 1.807) is 0 Å². The van der Waals surface area contributed by atoms with Crippen molar-refractivity contribution >= 4 is 27.4 Å². The van der Waals surface area contributed by atoms with Crippen molar-refractivity contribution in [3.8, 4) is 0 Å². The van der Waals surface area contributed by atoms with Crippen molar-refractivity contribution in [3.63, 3.8) is 0 Å². The molecule has 0 N–H and O–H groups in total. The largest absolute Gasteiger partial charge is 0.482 e. The molecule has 30 heavy (non-hydrogen) atoms. The van der Waals surface area contributed by atoms with Gasteiger partial charge >= 0.3 is 0 Å². The Bertz CT molecular complexity index is 777. The summed E-state index contributed by atoms with van der Waals surface area (Å²) in [6, 6.07) is 9.43. The van der Waals surface area contributed by atoms with Crippen LogP contribution in [0.5, 0.6) is 0 Å². The fraction of sp³-hybridized carbons (Fsp3) is 0.652. The van der Waals surface area contributed by atoms with E-state index >= 15 is 0 Å². The van der Waals surface area contributed by atoms with Gasteiger partial charge in [0.05, 0.1) is 6.10 Å². The SMILES string of the molecule is CC(C)(C)[Si](C)(C)O[C@@H]1C=C(S(=O)c2ccccc2)OC[C@H]1O[Si](C)(C)C(C)(C)C. The molecule has 0 aromatic heterocycles. The van der Waals surface area contributed by atoms with Gasteiger partial charge in [-0.25, -0.2) is 4.21 Å². The zero-order chi connectivity index (χ0) is 23.0. The van der Waals surface area contributed by atoms with E-state index in [9.17, 15) is 4.21 Å². The summed E-state index contributed by atoms with van der Waals surface area (Å²) < 4.78 is 32.6. The molecule has 2 rings (SSSR count). The Balaban J connectivity index is 2.37. The first-order valence-electron chi connectivity index (χ1n) is 10.7. The molecule has 1 aromatic carbocycles. The highest BCUT2D eigenvalue weighted by Gasteiger charge is 2.46. The van der Waals surface area contributed by atoms with Crippen molar-refractivity contribution < 1.29 is 17.8 Å². The molecule has 0 amide bonds. The summed E-state index contributed by atoms with van der Waals surface area (Å²) in [5.41, 5.74) is 0. The summed E-state index contributed by atoms with van der Waals surface area (Å²) in [7, 11) is -5.45. The molecule has 7 heteroatoms. The van der Waals surface area contributed by atoms with Crippen molar-refractivity contribution in [3.05, 3.63) is 41.5 Å². The van der Waals surface area contributed by atoms with Crippen LogP contribution < -0.4 is 0 Å². The summed E-state index contributed by atoms with van der Waals surface area (Å²) in [5, 5.41) is 0.630. The Morgan fingerprint density at radius 2 is 1.40 bits per heavy atom. The smallest absolute Gasteiger partial charge is 0.193 e. The van der Waals surface area contributed by atoms with Gasteiger partial charge in [0.25, 0.3) is 0 Å². The molecule has 0 saturated carbocycles. The summed E-state index contributed by atoms with van der Waals surface area (Å²) in [6.07, 6.45) is 1.44. The number of rotatable bonds is 6. The molecule has 1 unspecified atom stereocenters. The van der Waals surface area contributed by atoms with Crippen molar-refractivity contribution in [2.24, 2.45) is 0 Å². The minimum absolute atomic E-state index is 0.0689. The fourth-order valence-corrected chi connectivity index (χ4v) is 6.24. The average Bonchev–Trinajstić information content (AvgIpc) is 2.61. The van der Waals surface area contributed by atoms with Gasteiger partial charge in [-0.15, -0.1) is 0 Å². The van der Waals surface area contributed by atoms with Crippen LogP contribution in [0.15, 0.2) is 46.4 Å². The van der Waals surface area contributed by atoms with Gasteiger partial charge in [-0.1, -0.05) is 59.7 Å². The number of benzene rings is 1. The quantitative estimate of drug-likeness (QED) is 0.450. The highest BCUT2D eigenvalue weighted by Crippen LogP contribution is 2.41. The normalized spacial score (nSPS) is 22.3. The van der Waals surface area contributed by atoms with Crippen LogP contribution in [0.4, 0.5) is 0 Å². The van der Waals surface area contributed by atoms with Crippen LogP contribution in [0, 0.1) is 0 Å². The highest BCUT2D eigenvalue weighted by molar-refractivity contribution is 7.88. The maximum Gasteiger partial charge on any atom is 0.193 e. The highest BCUT2D eigenvalue weighted by atomic mass is 32.2. The summed E-state index contributed by atoms with van der Waals surface area (Å²) in [5.74, 6) is 0. The van der Waals surface area contributed by atoms with Crippen LogP contribution in [-0.2, 0) is 24.4 Å². The van der Waals surface area contributed by atoms with E-state index in [1.165, 1.54) is 0 Å². The maximum absolute atomic E-state index is 13.1. The van der Waals surface area contributed by atoms with Gasteiger partial charge in [0.2, 0.25) is 0 Å². The molecule has 1 aromatic rings. The van der Waals surface area contributed by atoms with E-state index in [-0.39, 0.29) is 22.3 Å². The molecule has 1 heterocycles. The van der Waals surface area contributed by atoms with Crippen molar-refractivity contribution in [2.45, 2.75) is 94.9 Å². The first-order chi connectivity index (χ1) is 13.6. The van der Waals surface area contributed by atoms with Gasteiger partial charge in [0.1, 0.15) is 23.5 Å². The lowest BCUT2D eigenvalue weighted by Crippen LogP contribution is -2.53. The van der Waals surface area contributed by atoms with Gasteiger partial charge in [-0.2, -0.15) is 0 Å². The molecule has 0 fully saturated rings. The Morgan fingerprint density at radius 1 is 0.900 bits per heavy atom. The lowest BCUT2D eigenvalue weighted by atomic mass is 10.2. The van der Waals surface area contributed by atoms with E-state index < -0.39 is 27.4 Å². The second-order valence-electron chi connectivity index (χ2n) is 11.1. The van der Waals surface area contributed by atoms with Gasteiger partial charge in [0.15, 0.2) is 21.7 Å². The van der Waals surface area contributed by atoms with Crippen molar-refractivity contribution in [1.82, 2.24) is 0 Å². The van der Waals surface area contributed by atoms with Gasteiger partial charge < -0.3 is 13.6 Å². The number of ether oxygens (including phenoxy) is 1. The number of hydrogen-bond acceptors (Lipinski definition) is 4. The minimum Gasteiger partial charge on any atom is -0.482 e. The Morgan fingerprint density at radius 3 is 1.90 bits per heavy atom. The summed E-state index contributed by atoms with van der Waals surface area (Å²) in [4.78, 5) is 0.735. The van der Waals surface area contributed by atoms with E-state index in [1.807, 2.05) is 36.4 Å². The van der Waals surface area contributed by atoms with Crippen LogP contribution in [0.2, 0.25) is 36.3 Å². The van der Waals surface area contributed by atoms with Crippen molar-refractivity contribution in [2.75, 3.05) is 6.61 Å².